The molecule has 16 heavy (non-hydrogen) atoms. The fourth-order valence-electron chi connectivity index (χ4n) is 1.51. The van der Waals surface area contributed by atoms with E-state index in [0.29, 0.717) is 6.04 Å². The van der Waals surface area contributed by atoms with Crippen LogP contribution in [0.4, 0.5) is 8.78 Å². The summed E-state index contributed by atoms with van der Waals surface area (Å²) in [6.45, 7) is 0. The Hall–Kier alpha value is -1.78. The first-order valence-electron chi connectivity index (χ1n) is 5.04. The van der Waals surface area contributed by atoms with Crippen LogP contribution in [0.15, 0.2) is 18.2 Å². The van der Waals surface area contributed by atoms with E-state index in [9.17, 15) is 8.78 Å². The maximum Gasteiger partial charge on any atom is 0.196 e. The van der Waals surface area contributed by atoms with Gasteiger partial charge in [0, 0.05) is 6.07 Å². The smallest absolute Gasteiger partial charge is 0.196 e. The highest BCUT2D eigenvalue weighted by Crippen LogP contribution is 2.34. The Balaban J connectivity index is 2.00. The van der Waals surface area contributed by atoms with Gasteiger partial charge in [0.2, 0.25) is 0 Å². The molecule has 2 aromatic rings. The Bertz CT molecular complexity index is 532. The first-order valence-corrected chi connectivity index (χ1v) is 5.04. The van der Waals surface area contributed by atoms with Gasteiger partial charge in [0.15, 0.2) is 12.2 Å². The van der Waals surface area contributed by atoms with E-state index in [1.165, 1.54) is 12.1 Å². The molecule has 1 aromatic heterocycles. The lowest BCUT2D eigenvalue weighted by Gasteiger charge is -1.98. The van der Waals surface area contributed by atoms with Crippen molar-refractivity contribution in [2.75, 3.05) is 0 Å². The molecule has 1 radical (unpaired) electrons. The van der Waals surface area contributed by atoms with E-state index in [4.69, 9.17) is 0 Å². The largest absolute Gasteiger partial charge is 0.239 e. The molecule has 1 aromatic carbocycles. The highest BCUT2D eigenvalue weighted by Gasteiger charge is 2.25. The summed E-state index contributed by atoms with van der Waals surface area (Å²) in [5.74, 6) is -1.00. The maximum absolute atomic E-state index is 13.4. The third-order valence-electron chi connectivity index (χ3n) is 2.53. The Morgan fingerprint density at radius 1 is 1.31 bits per heavy atom. The number of hydrogen-bond acceptors (Lipinski definition) is 2. The molecule has 0 amide bonds. The molecule has 1 saturated carbocycles. The predicted octanol–water partition coefficient (Wildman–Crippen LogP) is 2.36. The normalized spacial score (nSPS) is 15.4. The van der Waals surface area contributed by atoms with Gasteiger partial charge in [-0.2, -0.15) is 0 Å². The number of benzene rings is 1. The Morgan fingerprint density at radius 3 is 2.81 bits per heavy atom. The standard InChI is InChI=1S/C11H8F2N3/c12-7-1-4-9(10(13)5-7)11-14-6-16(15-11)8-2-3-8/h1,4-5,8H,2-3H2. The summed E-state index contributed by atoms with van der Waals surface area (Å²) in [5, 5.41) is 4.12. The fraction of sp³-hybridized carbons (Fsp3) is 0.273. The third kappa shape index (κ3) is 1.58. The van der Waals surface area contributed by atoms with Gasteiger partial charge >= 0.3 is 0 Å². The van der Waals surface area contributed by atoms with Gasteiger partial charge in [-0.1, -0.05) is 0 Å². The van der Waals surface area contributed by atoms with Crippen LogP contribution >= 0.6 is 0 Å². The monoisotopic (exact) mass is 220 g/mol. The van der Waals surface area contributed by atoms with Crippen molar-refractivity contribution in [1.29, 1.82) is 0 Å². The molecule has 3 nitrogen and oxygen atoms in total. The minimum atomic E-state index is -0.651. The molecular weight excluding hydrogens is 212 g/mol. The molecule has 0 N–H and O–H groups in total. The van der Waals surface area contributed by atoms with Gasteiger partial charge in [-0.15, -0.1) is 5.10 Å². The summed E-state index contributed by atoms with van der Waals surface area (Å²) in [5.41, 5.74) is 0.206. The lowest BCUT2D eigenvalue weighted by atomic mass is 10.2. The van der Waals surface area contributed by atoms with E-state index in [1.54, 1.807) is 4.68 Å². The zero-order chi connectivity index (χ0) is 11.1. The second-order valence-electron chi connectivity index (χ2n) is 3.84. The number of halogens is 2. The average molecular weight is 220 g/mol. The first kappa shape index (κ1) is 9.45. The van der Waals surface area contributed by atoms with Crippen LogP contribution < -0.4 is 0 Å². The summed E-state index contributed by atoms with van der Waals surface area (Å²) < 4.78 is 27.7. The van der Waals surface area contributed by atoms with Crippen molar-refractivity contribution in [3.05, 3.63) is 36.2 Å². The van der Waals surface area contributed by atoms with Gasteiger partial charge in [-0.3, -0.25) is 0 Å². The summed E-state index contributed by atoms with van der Waals surface area (Å²) in [6.07, 6.45) is 4.82. The Morgan fingerprint density at radius 2 is 2.12 bits per heavy atom. The van der Waals surface area contributed by atoms with Gasteiger partial charge in [-0.05, 0) is 25.0 Å². The van der Waals surface area contributed by atoms with E-state index in [-0.39, 0.29) is 11.4 Å². The van der Waals surface area contributed by atoms with Crippen molar-refractivity contribution in [3.8, 4) is 11.4 Å². The average Bonchev–Trinajstić information content (AvgIpc) is 2.98. The second kappa shape index (κ2) is 3.37. The highest BCUT2D eigenvalue weighted by molar-refractivity contribution is 5.54. The van der Waals surface area contributed by atoms with Crippen LogP contribution in [0.25, 0.3) is 11.4 Å². The SMILES string of the molecule is Fc1ccc(-c2n[c]n(C3CC3)n2)c(F)c1. The van der Waals surface area contributed by atoms with Crippen LogP contribution in [0.5, 0.6) is 0 Å². The van der Waals surface area contributed by atoms with Crippen LogP contribution in [-0.2, 0) is 0 Å². The van der Waals surface area contributed by atoms with Crippen molar-refractivity contribution in [2.24, 2.45) is 0 Å². The molecule has 0 atom stereocenters. The Kier molecular flexibility index (Phi) is 1.99. The summed E-state index contributed by atoms with van der Waals surface area (Å²) >= 11 is 0. The molecule has 5 heteroatoms. The number of rotatable bonds is 2. The van der Waals surface area contributed by atoms with Crippen LogP contribution in [-0.4, -0.2) is 14.8 Å². The van der Waals surface area contributed by atoms with E-state index < -0.39 is 11.6 Å². The van der Waals surface area contributed by atoms with Crippen LogP contribution in [0.1, 0.15) is 18.9 Å². The van der Waals surface area contributed by atoms with Crippen molar-refractivity contribution in [3.63, 3.8) is 0 Å². The quantitative estimate of drug-likeness (QED) is 0.777. The van der Waals surface area contributed by atoms with Crippen molar-refractivity contribution >= 4 is 0 Å². The zero-order valence-corrected chi connectivity index (χ0v) is 8.32. The van der Waals surface area contributed by atoms with Gasteiger partial charge < -0.3 is 0 Å². The molecule has 0 aliphatic heterocycles. The van der Waals surface area contributed by atoms with E-state index >= 15 is 0 Å². The van der Waals surface area contributed by atoms with Crippen molar-refractivity contribution in [2.45, 2.75) is 18.9 Å². The van der Waals surface area contributed by atoms with Gasteiger partial charge in [0.25, 0.3) is 0 Å². The van der Waals surface area contributed by atoms with Crippen molar-refractivity contribution in [1.82, 2.24) is 14.8 Å². The van der Waals surface area contributed by atoms with Crippen LogP contribution in [0.2, 0.25) is 0 Å². The van der Waals surface area contributed by atoms with Crippen molar-refractivity contribution < 1.29 is 8.78 Å². The molecule has 3 rings (SSSR count). The first-order chi connectivity index (χ1) is 7.74. The molecule has 0 unspecified atom stereocenters. The minimum Gasteiger partial charge on any atom is -0.239 e. The van der Waals surface area contributed by atoms with E-state index in [0.717, 1.165) is 18.9 Å². The molecule has 1 aliphatic carbocycles. The molecule has 0 saturated heterocycles. The van der Waals surface area contributed by atoms with Crippen LogP contribution in [0.3, 0.4) is 0 Å². The van der Waals surface area contributed by atoms with Gasteiger partial charge in [-0.25, -0.2) is 18.4 Å². The molecular formula is C11H8F2N3. The lowest BCUT2D eigenvalue weighted by Crippen LogP contribution is -1.95. The number of nitrogens with zero attached hydrogens (tertiary/aromatic N) is 3. The molecule has 0 bridgehead atoms. The fourth-order valence-corrected chi connectivity index (χ4v) is 1.51. The highest BCUT2D eigenvalue weighted by atomic mass is 19.1. The van der Waals surface area contributed by atoms with Crippen LogP contribution in [0, 0.1) is 18.0 Å². The molecule has 81 valence electrons. The van der Waals surface area contributed by atoms with E-state index in [2.05, 4.69) is 16.4 Å². The summed E-state index contributed by atoms with van der Waals surface area (Å²) in [6, 6.07) is 3.71. The van der Waals surface area contributed by atoms with Gasteiger partial charge in [0.1, 0.15) is 11.6 Å². The molecule has 0 spiro atoms. The third-order valence-corrected chi connectivity index (χ3v) is 2.53. The van der Waals surface area contributed by atoms with Gasteiger partial charge in [0.05, 0.1) is 11.6 Å². The zero-order valence-electron chi connectivity index (χ0n) is 8.32. The summed E-state index contributed by atoms with van der Waals surface area (Å²) in [7, 11) is 0. The maximum atomic E-state index is 13.4. The minimum absolute atomic E-state index is 0.206. The Labute approximate surface area is 90.7 Å². The van der Waals surface area contributed by atoms with E-state index in [1.807, 2.05) is 0 Å². The molecule has 1 fully saturated rings. The predicted molar refractivity (Wildman–Crippen MR) is 52.5 cm³/mol. The number of hydrogen-bond donors (Lipinski definition) is 0. The molecule has 1 heterocycles. The summed E-state index contributed by atoms with van der Waals surface area (Å²) in [4.78, 5) is 3.90. The lowest BCUT2D eigenvalue weighted by molar-refractivity contribution is 0.584. The molecule has 1 aliphatic rings. The topological polar surface area (TPSA) is 30.7 Å². The second-order valence-corrected chi connectivity index (χ2v) is 3.84. The number of aromatic nitrogens is 3.